The number of methoxy groups -OCH3 is 3. The molecular weight excluding hydrogens is 308 g/mol. The van der Waals surface area contributed by atoms with Gasteiger partial charge in [-0.15, -0.1) is 6.58 Å². The van der Waals surface area contributed by atoms with E-state index in [4.69, 9.17) is 14.2 Å². The molecule has 0 aliphatic rings. The zero-order valence-corrected chi connectivity index (χ0v) is 13.5. The minimum absolute atomic E-state index is 0.351. The van der Waals surface area contributed by atoms with E-state index in [1.807, 2.05) is 12.1 Å². The molecule has 1 atom stereocenters. The summed E-state index contributed by atoms with van der Waals surface area (Å²) < 4.78 is 17.2. The van der Waals surface area contributed by atoms with E-state index in [2.05, 4.69) is 29.4 Å². The van der Waals surface area contributed by atoms with Crippen LogP contribution in [0.2, 0.25) is 0 Å². The average molecular weight is 329 g/mol. The van der Waals surface area contributed by atoms with E-state index < -0.39 is 0 Å². The molecule has 1 aromatic rings. The van der Waals surface area contributed by atoms with Crippen molar-refractivity contribution in [2.45, 2.75) is 25.7 Å². The molecule has 0 spiro atoms. The van der Waals surface area contributed by atoms with Crippen LogP contribution < -0.4 is 14.2 Å². The highest BCUT2D eigenvalue weighted by molar-refractivity contribution is 9.10. The van der Waals surface area contributed by atoms with E-state index in [0.717, 1.165) is 28.6 Å². The minimum atomic E-state index is 0.351. The van der Waals surface area contributed by atoms with Gasteiger partial charge in [-0.2, -0.15) is 0 Å². The third kappa shape index (κ3) is 3.24. The Balaban J connectivity index is 3.46. The summed E-state index contributed by atoms with van der Waals surface area (Å²) in [6.45, 7) is 5.97. The zero-order chi connectivity index (χ0) is 14.4. The number of ether oxygens (including phenoxy) is 3. The fourth-order valence-electron chi connectivity index (χ4n) is 2.21. The predicted molar refractivity (Wildman–Crippen MR) is 81.6 cm³/mol. The van der Waals surface area contributed by atoms with Crippen LogP contribution in [-0.4, -0.2) is 21.3 Å². The van der Waals surface area contributed by atoms with E-state index in [1.165, 1.54) is 0 Å². The van der Waals surface area contributed by atoms with Gasteiger partial charge in [-0.05, 0) is 40.8 Å². The molecule has 1 aromatic carbocycles. The van der Waals surface area contributed by atoms with Gasteiger partial charge in [-0.3, -0.25) is 0 Å². The lowest BCUT2D eigenvalue weighted by molar-refractivity contribution is 0.319. The van der Waals surface area contributed by atoms with Crippen LogP contribution >= 0.6 is 15.9 Å². The smallest absolute Gasteiger partial charge is 0.204 e. The van der Waals surface area contributed by atoms with Gasteiger partial charge in [0, 0.05) is 5.56 Å². The average Bonchev–Trinajstić information content (AvgIpc) is 2.43. The lowest BCUT2D eigenvalue weighted by atomic mass is 9.92. The van der Waals surface area contributed by atoms with Gasteiger partial charge >= 0.3 is 0 Å². The van der Waals surface area contributed by atoms with Crippen LogP contribution in [0.5, 0.6) is 17.2 Å². The largest absolute Gasteiger partial charge is 0.492 e. The number of allylic oxidation sites excluding steroid dienone is 1. The van der Waals surface area contributed by atoms with Crippen LogP contribution in [-0.2, 0) is 0 Å². The number of hydrogen-bond acceptors (Lipinski definition) is 3. The Morgan fingerprint density at radius 2 is 1.74 bits per heavy atom. The Hall–Kier alpha value is -1.16. The first-order valence-corrected chi connectivity index (χ1v) is 7.03. The quantitative estimate of drug-likeness (QED) is 0.687. The summed E-state index contributed by atoms with van der Waals surface area (Å²) >= 11 is 3.52. The van der Waals surface area contributed by atoms with Crippen molar-refractivity contribution in [1.29, 1.82) is 0 Å². The molecule has 0 fully saturated rings. The number of hydrogen-bond donors (Lipinski definition) is 0. The molecular formula is C15H21BrO3. The SMILES string of the molecule is C=CCC(CC)c1cc(Br)c(OC)c(OC)c1OC. The van der Waals surface area contributed by atoms with Gasteiger partial charge in [-0.1, -0.05) is 13.0 Å². The molecule has 0 saturated carbocycles. The monoisotopic (exact) mass is 328 g/mol. The van der Waals surface area contributed by atoms with E-state index in [1.54, 1.807) is 21.3 Å². The fourth-order valence-corrected chi connectivity index (χ4v) is 2.80. The van der Waals surface area contributed by atoms with Crippen LogP contribution in [0, 0.1) is 0 Å². The number of rotatable bonds is 7. The van der Waals surface area contributed by atoms with E-state index in [-0.39, 0.29) is 0 Å². The molecule has 4 heteroatoms. The number of halogens is 1. The molecule has 0 heterocycles. The lowest BCUT2D eigenvalue weighted by Crippen LogP contribution is -2.04. The van der Waals surface area contributed by atoms with Crippen molar-refractivity contribution in [3.05, 3.63) is 28.8 Å². The Bertz CT molecular complexity index is 444. The highest BCUT2D eigenvalue weighted by Gasteiger charge is 2.23. The van der Waals surface area contributed by atoms with Crippen LogP contribution in [0.15, 0.2) is 23.2 Å². The summed E-state index contributed by atoms with van der Waals surface area (Å²) in [5, 5.41) is 0. The molecule has 1 rings (SSSR count). The van der Waals surface area contributed by atoms with Gasteiger partial charge in [-0.25, -0.2) is 0 Å². The summed E-state index contributed by atoms with van der Waals surface area (Å²) in [6, 6.07) is 2.04. The van der Waals surface area contributed by atoms with Crippen LogP contribution in [0.3, 0.4) is 0 Å². The molecule has 0 aromatic heterocycles. The molecule has 0 aliphatic heterocycles. The van der Waals surface area contributed by atoms with Crippen molar-refractivity contribution >= 4 is 15.9 Å². The summed E-state index contributed by atoms with van der Waals surface area (Å²) in [5.41, 5.74) is 1.11. The summed E-state index contributed by atoms with van der Waals surface area (Å²) in [7, 11) is 4.88. The molecule has 106 valence electrons. The topological polar surface area (TPSA) is 27.7 Å². The Morgan fingerprint density at radius 3 is 2.16 bits per heavy atom. The third-order valence-corrected chi connectivity index (χ3v) is 3.76. The molecule has 3 nitrogen and oxygen atoms in total. The van der Waals surface area contributed by atoms with E-state index >= 15 is 0 Å². The third-order valence-electron chi connectivity index (χ3n) is 3.17. The normalized spacial score (nSPS) is 11.8. The van der Waals surface area contributed by atoms with E-state index in [0.29, 0.717) is 17.4 Å². The maximum absolute atomic E-state index is 5.53. The first kappa shape index (κ1) is 15.9. The molecule has 0 N–H and O–H groups in total. The molecule has 0 amide bonds. The molecule has 0 radical (unpaired) electrons. The molecule has 0 saturated heterocycles. The van der Waals surface area contributed by atoms with Gasteiger partial charge in [0.2, 0.25) is 5.75 Å². The van der Waals surface area contributed by atoms with Gasteiger partial charge < -0.3 is 14.2 Å². The Labute approximate surface area is 123 Å². The van der Waals surface area contributed by atoms with Crippen LogP contribution in [0.4, 0.5) is 0 Å². The van der Waals surface area contributed by atoms with Crippen molar-refractivity contribution in [2.24, 2.45) is 0 Å². The van der Waals surface area contributed by atoms with Crippen LogP contribution in [0.1, 0.15) is 31.2 Å². The van der Waals surface area contributed by atoms with E-state index in [9.17, 15) is 0 Å². The number of benzene rings is 1. The summed E-state index contributed by atoms with van der Waals surface area (Å²) in [6.07, 6.45) is 3.83. The second kappa shape index (κ2) is 7.43. The lowest BCUT2D eigenvalue weighted by Gasteiger charge is -2.21. The van der Waals surface area contributed by atoms with Crippen molar-refractivity contribution in [1.82, 2.24) is 0 Å². The van der Waals surface area contributed by atoms with Crippen molar-refractivity contribution in [3.63, 3.8) is 0 Å². The second-order valence-electron chi connectivity index (χ2n) is 4.18. The van der Waals surface area contributed by atoms with Crippen LogP contribution in [0.25, 0.3) is 0 Å². The van der Waals surface area contributed by atoms with Gasteiger partial charge in [0.25, 0.3) is 0 Å². The highest BCUT2D eigenvalue weighted by atomic mass is 79.9. The van der Waals surface area contributed by atoms with Gasteiger partial charge in [0.05, 0.1) is 25.8 Å². The van der Waals surface area contributed by atoms with Crippen molar-refractivity contribution < 1.29 is 14.2 Å². The Kier molecular flexibility index (Phi) is 6.22. The summed E-state index contributed by atoms with van der Waals surface area (Å²) in [4.78, 5) is 0. The standard InChI is InChI=1S/C15H21BrO3/c1-6-8-10(7-2)11-9-12(16)14(18-4)15(19-5)13(11)17-3/h6,9-10H,1,7-8H2,2-5H3. The molecule has 1 unspecified atom stereocenters. The summed E-state index contributed by atoms with van der Waals surface area (Å²) in [5.74, 6) is 2.35. The molecule has 19 heavy (non-hydrogen) atoms. The zero-order valence-electron chi connectivity index (χ0n) is 12.0. The Morgan fingerprint density at radius 1 is 1.16 bits per heavy atom. The predicted octanol–water partition coefficient (Wildman–Crippen LogP) is 4.54. The first-order chi connectivity index (χ1) is 9.14. The minimum Gasteiger partial charge on any atom is -0.492 e. The van der Waals surface area contributed by atoms with Crippen molar-refractivity contribution in [2.75, 3.05) is 21.3 Å². The fraction of sp³-hybridized carbons (Fsp3) is 0.467. The molecule has 0 aliphatic carbocycles. The first-order valence-electron chi connectivity index (χ1n) is 6.23. The van der Waals surface area contributed by atoms with Gasteiger partial charge in [0.1, 0.15) is 0 Å². The second-order valence-corrected chi connectivity index (χ2v) is 5.03. The van der Waals surface area contributed by atoms with Crippen molar-refractivity contribution in [3.8, 4) is 17.2 Å². The maximum Gasteiger partial charge on any atom is 0.204 e. The molecule has 0 bridgehead atoms. The van der Waals surface area contributed by atoms with Gasteiger partial charge in [0.15, 0.2) is 11.5 Å². The maximum atomic E-state index is 5.53. The highest BCUT2D eigenvalue weighted by Crippen LogP contribution is 2.48.